The van der Waals surface area contributed by atoms with E-state index < -0.39 is 28.8 Å². The van der Waals surface area contributed by atoms with Gasteiger partial charge in [0, 0.05) is 61.7 Å². The van der Waals surface area contributed by atoms with Crippen LogP contribution >= 0.6 is 0 Å². The molecule has 0 aliphatic heterocycles. The standard InChI is InChI=1S/C34H38N4O12/c1-5-31(39)47-17-9-15-37(16-10-18-48-32(40)6-2)28-24-29(45-19-21-49-33(41)7-3)27(23-30(28)46-20-22-50-34(42)8-4)36-35-25-11-13-26(14-12-25)38(43)44/h5-8,11-14,23-24H,1-4,9-10,15-22H2. The van der Waals surface area contributed by atoms with E-state index >= 15 is 0 Å². The number of non-ortho nitro benzene ring substituents is 1. The highest BCUT2D eigenvalue weighted by Gasteiger charge is 2.19. The number of carbonyl (C=O) groups excluding carboxylic acids is 4. The van der Waals surface area contributed by atoms with Gasteiger partial charge < -0.3 is 33.3 Å². The molecule has 0 saturated heterocycles. The molecular weight excluding hydrogens is 656 g/mol. The van der Waals surface area contributed by atoms with E-state index in [1.807, 2.05) is 4.90 Å². The Kier molecular flexibility index (Phi) is 17.8. The summed E-state index contributed by atoms with van der Waals surface area (Å²) >= 11 is 0. The van der Waals surface area contributed by atoms with Crippen molar-refractivity contribution in [3.8, 4) is 11.5 Å². The molecular formula is C34H38N4O12. The number of rotatable bonds is 24. The van der Waals surface area contributed by atoms with Crippen molar-refractivity contribution in [3.63, 3.8) is 0 Å². The first-order valence-electron chi connectivity index (χ1n) is 15.1. The molecule has 0 aromatic heterocycles. The molecule has 16 nitrogen and oxygen atoms in total. The third-order valence-corrected chi connectivity index (χ3v) is 6.19. The third kappa shape index (κ3) is 14.6. The molecule has 0 aliphatic rings. The lowest BCUT2D eigenvalue weighted by atomic mass is 10.2. The Morgan fingerprint density at radius 2 is 1.12 bits per heavy atom. The molecule has 0 bridgehead atoms. The second kappa shape index (κ2) is 22.3. The molecule has 0 heterocycles. The highest BCUT2D eigenvalue weighted by atomic mass is 16.6. The van der Waals surface area contributed by atoms with Crippen LogP contribution in [0.4, 0.5) is 22.7 Å². The van der Waals surface area contributed by atoms with Gasteiger partial charge >= 0.3 is 23.9 Å². The largest absolute Gasteiger partial charge is 0.488 e. The van der Waals surface area contributed by atoms with E-state index in [1.54, 1.807) is 6.07 Å². The van der Waals surface area contributed by atoms with E-state index in [4.69, 9.17) is 28.4 Å². The number of nitro groups is 1. The van der Waals surface area contributed by atoms with Crippen molar-refractivity contribution in [1.82, 2.24) is 0 Å². The van der Waals surface area contributed by atoms with Crippen LogP contribution in [0.5, 0.6) is 11.5 Å². The van der Waals surface area contributed by atoms with Gasteiger partial charge in [0.15, 0.2) is 0 Å². The molecule has 266 valence electrons. The Hall–Kier alpha value is -6.32. The van der Waals surface area contributed by atoms with Gasteiger partial charge in [0.25, 0.3) is 5.69 Å². The summed E-state index contributed by atoms with van der Waals surface area (Å²) in [6, 6.07) is 8.51. The van der Waals surface area contributed by atoms with E-state index in [-0.39, 0.29) is 62.5 Å². The van der Waals surface area contributed by atoms with Gasteiger partial charge in [-0.05, 0) is 25.0 Å². The van der Waals surface area contributed by atoms with Gasteiger partial charge in [0.1, 0.15) is 43.6 Å². The molecule has 0 fully saturated rings. The zero-order chi connectivity index (χ0) is 36.7. The molecule has 0 atom stereocenters. The van der Waals surface area contributed by atoms with Crippen LogP contribution in [-0.2, 0) is 38.1 Å². The van der Waals surface area contributed by atoms with Gasteiger partial charge in [0.05, 0.1) is 29.5 Å². The molecule has 0 spiro atoms. The summed E-state index contributed by atoms with van der Waals surface area (Å²) < 4.78 is 32.3. The summed E-state index contributed by atoms with van der Waals surface area (Å²) in [4.78, 5) is 58.7. The third-order valence-electron chi connectivity index (χ3n) is 6.19. The highest BCUT2D eigenvalue weighted by molar-refractivity contribution is 5.82. The molecule has 0 amide bonds. The van der Waals surface area contributed by atoms with E-state index in [0.29, 0.717) is 37.3 Å². The zero-order valence-corrected chi connectivity index (χ0v) is 27.4. The number of benzene rings is 2. The second-order valence-electron chi connectivity index (χ2n) is 9.64. The first kappa shape index (κ1) is 39.9. The van der Waals surface area contributed by atoms with Crippen molar-refractivity contribution in [2.24, 2.45) is 10.2 Å². The van der Waals surface area contributed by atoms with Crippen LogP contribution in [0.1, 0.15) is 12.8 Å². The number of nitrogens with zero attached hydrogens (tertiary/aromatic N) is 4. The average molecular weight is 695 g/mol. The summed E-state index contributed by atoms with van der Waals surface area (Å²) in [6.45, 7) is 13.9. The molecule has 0 aliphatic carbocycles. The van der Waals surface area contributed by atoms with Crippen LogP contribution in [0.25, 0.3) is 0 Å². The van der Waals surface area contributed by atoms with Crippen molar-refractivity contribution in [2.45, 2.75) is 12.8 Å². The van der Waals surface area contributed by atoms with Crippen LogP contribution in [0.3, 0.4) is 0 Å². The first-order valence-corrected chi connectivity index (χ1v) is 15.1. The van der Waals surface area contributed by atoms with Crippen molar-refractivity contribution in [3.05, 3.63) is 97.1 Å². The van der Waals surface area contributed by atoms with Crippen LogP contribution in [-0.4, -0.2) is 81.5 Å². The number of hydrogen-bond acceptors (Lipinski definition) is 15. The normalized spacial score (nSPS) is 10.3. The molecule has 0 saturated carbocycles. The van der Waals surface area contributed by atoms with Crippen LogP contribution in [0.2, 0.25) is 0 Å². The minimum absolute atomic E-state index is 0.0695. The van der Waals surface area contributed by atoms with Crippen molar-refractivity contribution < 1.29 is 52.5 Å². The Morgan fingerprint density at radius 3 is 1.58 bits per heavy atom. The monoisotopic (exact) mass is 694 g/mol. The molecule has 0 unspecified atom stereocenters. The second-order valence-corrected chi connectivity index (χ2v) is 9.64. The van der Waals surface area contributed by atoms with E-state index in [1.165, 1.54) is 30.3 Å². The molecule has 50 heavy (non-hydrogen) atoms. The fourth-order valence-electron chi connectivity index (χ4n) is 3.88. The maximum Gasteiger partial charge on any atom is 0.330 e. The van der Waals surface area contributed by atoms with Gasteiger partial charge in [-0.3, -0.25) is 10.1 Å². The van der Waals surface area contributed by atoms with E-state index in [9.17, 15) is 29.3 Å². The lowest BCUT2D eigenvalue weighted by molar-refractivity contribution is -0.384. The van der Waals surface area contributed by atoms with Crippen molar-refractivity contribution in [2.75, 3.05) is 57.6 Å². The lowest BCUT2D eigenvalue weighted by Crippen LogP contribution is -2.28. The zero-order valence-electron chi connectivity index (χ0n) is 27.4. The van der Waals surface area contributed by atoms with Gasteiger partial charge in [-0.2, -0.15) is 5.11 Å². The fourth-order valence-corrected chi connectivity index (χ4v) is 3.88. The average Bonchev–Trinajstić information content (AvgIpc) is 3.13. The predicted octanol–water partition coefficient (Wildman–Crippen LogP) is 5.27. The maximum atomic E-state index is 11.6. The summed E-state index contributed by atoms with van der Waals surface area (Å²) in [5, 5.41) is 19.5. The quantitative estimate of drug-likeness (QED) is 0.0262. The van der Waals surface area contributed by atoms with Crippen molar-refractivity contribution >= 4 is 46.6 Å². The summed E-state index contributed by atoms with van der Waals surface area (Å²) in [5.74, 6) is -2.00. The Labute approximate surface area is 288 Å². The predicted molar refractivity (Wildman–Crippen MR) is 181 cm³/mol. The van der Waals surface area contributed by atoms with Crippen molar-refractivity contribution in [1.29, 1.82) is 0 Å². The molecule has 0 N–H and O–H groups in total. The Morgan fingerprint density at radius 1 is 0.660 bits per heavy atom. The maximum absolute atomic E-state index is 11.6. The Balaban J connectivity index is 2.55. The summed E-state index contributed by atoms with van der Waals surface area (Å²) in [5.41, 5.74) is 0.810. The molecule has 2 aromatic carbocycles. The number of carbonyl (C=O) groups is 4. The lowest BCUT2D eigenvalue weighted by Gasteiger charge is -2.28. The minimum atomic E-state index is -0.645. The first-order chi connectivity index (χ1) is 24.1. The highest BCUT2D eigenvalue weighted by Crippen LogP contribution is 2.41. The SMILES string of the molecule is C=CC(=O)OCCCN(CCCOC(=O)C=C)c1cc(OCCOC(=O)C=C)c(N=Nc2ccc([N+](=O)[O-])cc2)cc1OCCOC(=O)C=C. The summed E-state index contributed by atoms with van der Waals surface area (Å²) in [6.07, 6.45) is 4.88. The van der Waals surface area contributed by atoms with Gasteiger partial charge in [0.2, 0.25) is 0 Å². The van der Waals surface area contributed by atoms with Gasteiger partial charge in [-0.25, -0.2) is 19.2 Å². The smallest absolute Gasteiger partial charge is 0.330 e. The van der Waals surface area contributed by atoms with E-state index in [0.717, 1.165) is 24.3 Å². The van der Waals surface area contributed by atoms with E-state index in [2.05, 4.69) is 36.5 Å². The Bertz CT molecular complexity index is 1530. The minimum Gasteiger partial charge on any atom is -0.488 e. The summed E-state index contributed by atoms with van der Waals surface area (Å²) in [7, 11) is 0. The van der Waals surface area contributed by atoms with Crippen LogP contribution < -0.4 is 14.4 Å². The molecule has 16 heteroatoms. The number of esters is 4. The molecule has 0 radical (unpaired) electrons. The molecule has 2 aromatic rings. The number of nitro benzene ring substituents is 1. The number of anilines is 1. The topological polar surface area (TPSA) is 195 Å². The number of azo groups is 1. The fraction of sp³-hybridized carbons (Fsp3) is 0.294. The molecule has 2 rings (SSSR count). The van der Waals surface area contributed by atoms with Gasteiger partial charge in [-0.1, -0.05) is 26.3 Å². The van der Waals surface area contributed by atoms with Crippen LogP contribution in [0, 0.1) is 10.1 Å². The van der Waals surface area contributed by atoms with Crippen LogP contribution in [0.15, 0.2) is 97.2 Å². The number of hydrogen-bond donors (Lipinski definition) is 0. The number of ether oxygens (including phenoxy) is 6. The van der Waals surface area contributed by atoms with Gasteiger partial charge in [-0.15, -0.1) is 5.11 Å².